The molecule has 2 saturated heterocycles. The van der Waals surface area contributed by atoms with Gasteiger partial charge in [-0.3, -0.25) is 9.59 Å². The minimum atomic E-state index is -4.46. The lowest BCUT2D eigenvalue weighted by Gasteiger charge is -2.37. The fourth-order valence-electron chi connectivity index (χ4n) is 5.47. The summed E-state index contributed by atoms with van der Waals surface area (Å²) in [6.07, 6.45) is 0.886. The second-order valence-corrected chi connectivity index (χ2v) is 12.6. The molecule has 0 spiro atoms. The van der Waals surface area contributed by atoms with Crippen molar-refractivity contribution in [3.05, 3.63) is 54.1 Å². The maximum Gasteiger partial charge on any atom is 0.446 e. The molecule has 1 amide bonds. The Hall–Kier alpha value is -4.03. The molecule has 0 saturated carbocycles. The molecule has 246 valence electrons. The number of carbonyl (C=O) groups excluding carboxylic acids is 2. The van der Waals surface area contributed by atoms with Crippen LogP contribution in [-0.4, -0.2) is 82.5 Å². The number of carbonyl (C=O) groups is 2. The zero-order valence-corrected chi connectivity index (χ0v) is 25.6. The van der Waals surface area contributed by atoms with E-state index in [0.717, 1.165) is 0 Å². The second kappa shape index (κ2) is 14.2. The zero-order valence-electron chi connectivity index (χ0n) is 24.8. The van der Waals surface area contributed by atoms with Gasteiger partial charge >= 0.3 is 5.51 Å². The molecule has 17 heteroatoms. The number of alkyl halides is 3. The SMILES string of the molecule is NC1CC(N)CN(c2nc(Nc3ccc(C(=O)CC(=O)Nc4cccc(SC(F)(F)F)c4)cc3)nc(N3C[C@H](N)C[C@@H](N)C3)n2)C1. The van der Waals surface area contributed by atoms with Crippen LogP contribution in [-0.2, 0) is 4.79 Å². The van der Waals surface area contributed by atoms with Crippen molar-refractivity contribution in [3.8, 4) is 0 Å². The average molecular weight is 660 g/mol. The topological polar surface area (TPSA) is 207 Å². The summed E-state index contributed by atoms with van der Waals surface area (Å²) in [6.45, 7) is 2.10. The molecule has 2 aromatic carbocycles. The summed E-state index contributed by atoms with van der Waals surface area (Å²) in [5, 5.41) is 5.63. The van der Waals surface area contributed by atoms with Crippen LogP contribution in [0.2, 0.25) is 0 Å². The van der Waals surface area contributed by atoms with Crippen LogP contribution in [0, 0.1) is 0 Å². The number of aromatic nitrogens is 3. The second-order valence-electron chi connectivity index (χ2n) is 11.5. The van der Waals surface area contributed by atoms with E-state index >= 15 is 0 Å². The molecule has 0 aliphatic carbocycles. The first-order valence-corrected chi connectivity index (χ1v) is 15.5. The number of anilines is 5. The third kappa shape index (κ3) is 9.26. The number of nitrogens with one attached hydrogen (secondary N) is 2. The van der Waals surface area contributed by atoms with E-state index in [2.05, 4.69) is 20.6 Å². The van der Waals surface area contributed by atoms with Crippen LogP contribution < -0.4 is 43.4 Å². The van der Waals surface area contributed by atoms with Gasteiger partial charge in [-0.25, -0.2) is 0 Å². The van der Waals surface area contributed by atoms with Gasteiger partial charge in [-0.1, -0.05) is 6.07 Å². The first kappa shape index (κ1) is 33.3. The summed E-state index contributed by atoms with van der Waals surface area (Å²) in [7, 11) is 0. The Balaban J connectivity index is 1.27. The number of hydrogen-bond acceptors (Lipinski definition) is 13. The van der Waals surface area contributed by atoms with E-state index < -0.39 is 23.6 Å². The lowest BCUT2D eigenvalue weighted by atomic mass is 10.0. The summed E-state index contributed by atoms with van der Waals surface area (Å²) in [4.78, 5) is 43.0. The summed E-state index contributed by atoms with van der Waals surface area (Å²) in [5.41, 5.74) is 21.4. The smallest absolute Gasteiger partial charge is 0.338 e. The average Bonchev–Trinajstić information content (AvgIpc) is 2.95. The van der Waals surface area contributed by atoms with E-state index in [0.29, 0.717) is 56.6 Å². The monoisotopic (exact) mass is 659 g/mol. The van der Waals surface area contributed by atoms with Crippen LogP contribution in [0.25, 0.3) is 0 Å². The number of rotatable bonds is 9. The van der Waals surface area contributed by atoms with E-state index in [4.69, 9.17) is 27.9 Å². The number of nitrogens with two attached hydrogens (primary N) is 4. The first-order valence-electron chi connectivity index (χ1n) is 14.6. The Bertz CT molecular complexity index is 1480. The maximum atomic E-state index is 12.8. The molecule has 5 rings (SSSR count). The number of thioether (sulfide) groups is 1. The van der Waals surface area contributed by atoms with E-state index in [1.165, 1.54) is 24.3 Å². The molecule has 1 aromatic heterocycles. The van der Waals surface area contributed by atoms with E-state index in [9.17, 15) is 22.8 Å². The zero-order chi connectivity index (χ0) is 33.0. The van der Waals surface area contributed by atoms with Crippen molar-refractivity contribution in [3.63, 3.8) is 0 Å². The van der Waals surface area contributed by atoms with Gasteiger partial charge in [0, 0.05) is 72.2 Å². The highest BCUT2D eigenvalue weighted by Gasteiger charge is 2.30. The fraction of sp³-hybridized carbons (Fsp3) is 0.414. The number of benzene rings is 2. The van der Waals surface area contributed by atoms with Gasteiger partial charge in [0.15, 0.2) is 5.78 Å². The number of hydrogen-bond donors (Lipinski definition) is 6. The predicted molar refractivity (Wildman–Crippen MR) is 171 cm³/mol. The summed E-state index contributed by atoms with van der Waals surface area (Å²) in [5.74, 6) is -0.0480. The van der Waals surface area contributed by atoms with Gasteiger partial charge < -0.3 is 43.4 Å². The summed E-state index contributed by atoms with van der Waals surface area (Å²) < 4.78 is 38.0. The molecule has 2 unspecified atom stereocenters. The third-order valence-electron chi connectivity index (χ3n) is 7.34. The van der Waals surface area contributed by atoms with E-state index in [1.54, 1.807) is 24.3 Å². The van der Waals surface area contributed by atoms with Crippen molar-refractivity contribution in [1.82, 2.24) is 15.0 Å². The first-order chi connectivity index (χ1) is 21.8. The quantitative estimate of drug-likeness (QED) is 0.111. The van der Waals surface area contributed by atoms with Crippen molar-refractivity contribution < 1.29 is 22.8 Å². The van der Waals surface area contributed by atoms with Gasteiger partial charge in [0.1, 0.15) is 0 Å². The van der Waals surface area contributed by atoms with Crippen LogP contribution in [0.4, 0.5) is 42.4 Å². The van der Waals surface area contributed by atoms with Crippen molar-refractivity contribution in [2.24, 2.45) is 22.9 Å². The Labute approximate surface area is 267 Å². The number of piperidine rings is 2. The Kier molecular flexibility index (Phi) is 10.3. The molecule has 4 atom stereocenters. The van der Waals surface area contributed by atoms with Crippen molar-refractivity contribution in [2.75, 3.05) is 46.6 Å². The maximum absolute atomic E-state index is 12.8. The van der Waals surface area contributed by atoms with E-state index in [-0.39, 0.29) is 58.0 Å². The van der Waals surface area contributed by atoms with Gasteiger partial charge in [0.25, 0.3) is 0 Å². The molecule has 0 bridgehead atoms. The van der Waals surface area contributed by atoms with Crippen LogP contribution in [0.3, 0.4) is 0 Å². The molecule has 13 nitrogen and oxygen atoms in total. The number of Topliss-reactive ketones (excluding diaryl/α,β-unsaturated/α-hetero) is 1. The van der Waals surface area contributed by atoms with Gasteiger partial charge in [-0.15, -0.1) is 0 Å². The molecule has 46 heavy (non-hydrogen) atoms. The standard InChI is InChI=1S/C29H36F3N11O2S/c30-29(31,32)46-23-3-1-2-22(10-23)37-25(45)11-24(44)16-4-6-21(7-5-16)38-26-39-27(42-12-17(33)8-18(34)13-42)41-28(40-26)43-14-19(35)9-20(36)15-43/h1-7,10,17-20H,8-9,11-15,33-36H2,(H,37,45)(H,38,39,40,41)/t17-,18-,19?,20?/m1/s1. The van der Waals surface area contributed by atoms with Crippen molar-refractivity contribution in [1.29, 1.82) is 0 Å². The number of ketones is 1. The largest absolute Gasteiger partial charge is 0.446 e. The van der Waals surface area contributed by atoms with Crippen molar-refractivity contribution >= 4 is 52.7 Å². The molecule has 3 aromatic rings. The van der Waals surface area contributed by atoms with Gasteiger partial charge in [-0.05, 0) is 67.1 Å². The Morgan fingerprint density at radius 2 is 1.35 bits per heavy atom. The van der Waals surface area contributed by atoms with Crippen LogP contribution in [0.5, 0.6) is 0 Å². The van der Waals surface area contributed by atoms with E-state index in [1.807, 2.05) is 9.80 Å². The third-order valence-corrected chi connectivity index (χ3v) is 8.06. The lowest BCUT2D eigenvalue weighted by molar-refractivity contribution is -0.115. The number of amides is 1. The predicted octanol–water partition coefficient (Wildman–Crippen LogP) is 2.17. The number of nitrogens with zero attached hydrogens (tertiary/aromatic N) is 5. The van der Waals surface area contributed by atoms with Crippen molar-refractivity contribution in [2.45, 2.75) is 53.8 Å². The van der Waals surface area contributed by atoms with Gasteiger partial charge in [-0.2, -0.15) is 28.1 Å². The highest BCUT2D eigenvalue weighted by atomic mass is 32.2. The molecule has 2 fully saturated rings. The molecule has 2 aliphatic rings. The lowest BCUT2D eigenvalue weighted by Crippen LogP contribution is -2.54. The minimum Gasteiger partial charge on any atom is -0.338 e. The fourth-order valence-corrected chi connectivity index (χ4v) is 6.07. The molecule has 3 heterocycles. The molecule has 2 aliphatic heterocycles. The summed E-state index contributed by atoms with van der Waals surface area (Å²) >= 11 is -0.291. The Morgan fingerprint density at radius 1 is 0.804 bits per heavy atom. The molecule has 10 N–H and O–H groups in total. The normalized spacial score (nSPS) is 22.0. The number of halogens is 3. The van der Waals surface area contributed by atoms with Crippen LogP contribution in [0.15, 0.2) is 53.4 Å². The van der Waals surface area contributed by atoms with Gasteiger partial charge in [0.05, 0.1) is 6.42 Å². The van der Waals surface area contributed by atoms with Gasteiger partial charge in [0.2, 0.25) is 23.8 Å². The molecule has 0 radical (unpaired) electrons. The highest BCUT2D eigenvalue weighted by molar-refractivity contribution is 8.00. The summed E-state index contributed by atoms with van der Waals surface area (Å²) in [6, 6.07) is 11.2. The Morgan fingerprint density at radius 3 is 1.87 bits per heavy atom. The van der Waals surface area contributed by atoms with Crippen LogP contribution >= 0.6 is 11.8 Å². The molecular formula is C29H36F3N11O2S. The molecular weight excluding hydrogens is 623 g/mol. The van der Waals surface area contributed by atoms with Crippen LogP contribution in [0.1, 0.15) is 29.6 Å². The highest BCUT2D eigenvalue weighted by Crippen LogP contribution is 2.37. The minimum absolute atomic E-state index is 0.0803.